The van der Waals surface area contributed by atoms with Gasteiger partial charge in [-0.25, -0.2) is 0 Å². The lowest BCUT2D eigenvalue weighted by Crippen LogP contribution is -2.39. The molecule has 0 atom stereocenters. The summed E-state index contributed by atoms with van der Waals surface area (Å²) in [5.74, 6) is -1.33. The monoisotopic (exact) mass is 346 g/mol. The molecule has 2 amide bonds. The Hall–Kier alpha value is -2.83. The van der Waals surface area contributed by atoms with Gasteiger partial charge in [0, 0.05) is 17.5 Å². The number of hydrogen-bond donors (Lipinski definition) is 2. The van der Waals surface area contributed by atoms with Gasteiger partial charge in [0.15, 0.2) is 6.61 Å². The highest BCUT2D eigenvalue weighted by Gasteiger charge is 2.13. The zero-order valence-corrected chi connectivity index (χ0v) is 14.4. The van der Waals surface area contributed by atoms with Crippen LogP contribution in [0.4, 0.5) is 0 Å². The zero-order chi connectivity index (χ0) is 18.2. The van der Waals surface area contributed by atoms with E-state index in [1.165, 1.54) is 6.26 Å². The second kappa shape index (κ2) is 8.86. The molecule has 1 aromatic carbocycles. The van der Waals surface area contributed by atoms with Gasteiger partial charge in [-0.05, 0) is 25.0 Å². The molecule has 0 fully saturated rings. The molecule has 1 aromatic heterocycles. The first-order chi connectivity index (χ1) is 12.0. The molecule has 7 heteroatoms. The number of esters is 1. The molecular formula is C18H22N2O5. The second-order valence-electron chi connectivity index (χ2n) is 5.72. The number of fused-ring (bicyclic) bond motifs is 1. The van der Waals surface area contributed by atoms with Crippen LogP contribution in [0.2, 0.25) is 0 Å². The minimum absolute atomic E-state index is 0.0142. The van der Waals surface area contributed by atoms with Gasteiger partial charge in [-0.1, -0.05) is 19.1 Å². The van der Waals surface area contributed by atoms with Crippen molar-refractivity contribution < 1.29 is 23.5 Å². The van der Waals surface area contributed by atoms with Crippen LogP contribution in [0.15, 0.2) is 28.9 Å². The van der Waals surface area contributed by atoms with E-state index in [-0.39, 0.29) is 18.9 Å². The first kappa shape index (κ1) is 18.5. The third kappa shape index (κ3) is 5.63. The van der Waals surface area contributed by atoms with Crippen LogP contribution in [0.5, 0.6) is 0 Å². The number of aryl methyl sites for hydroxylation is 1. The highest BCUT2D eigenvalue weighted by atomic mass is 16.5. The summed E-state index contributed by atoms with van der Waals surface area (Å²) in [4.78, 5) is 34.8. The molecule has 0 spiro atoms. The molecule has 2 N–H and O–H groups in total. The van der Waals surface area contributed by atoms with E-state index in [0.717, 1.165) is 17.4 Å². The van der Waals surface area contributed by atoms with Gasteiger partial charge in [0.1, 0.15) is 5.58 Å². The predicted octanol–water partition coefficient (Wildman–Crippen LogP) is 1.47. The van der Waals surface area contributed by atoms with Crippen LogP contribution < -0.4 is 10.6 Å². The van der Waals surface area contributed by atoms with Crippen LogP contribution in [-0.4, -0.2) is 37.5 Å². The Kier molecular flexibility index (Phi) is 6.56. The summed E-state index contributed by atoms with van der Waals surface area (Å²) in [5.41, 5.74) is 2.48. The number of hydrogen-bond acceptors (Lipinski definition) is 5. The Morgan fingerprint density at radius 3 is 2.72 bits per heavy atom. The molecule has 0 aliphatic carbocycles. The smallest absolute Gasteiger partial charge is 0.310 e. The summed E-state index contributed by atoms with van der Waals surface area (Å²) in [6.07, 6.45) is 2.35. The standard InChI is InChI=1S/C18H22N2O5/c1-3-6-19-16(21)9-20-17(22)11-25-18(23)8-13-10-24-15-7-12(2)4-5-14(13)15/h4-5,7,10H,3,6,8-9,11H2,1-2H3,(H,19,21)(H,20,22). The number of carbonyl (C=O) groups is 3. The normalized spacial score (nSPS) is 10.5. The second-order valence-corrected chi connectivity index (χ2v) is 5.72. The third-order valence-electron chi connectivity index (χ3n) is 3.53. The van der Waals surface area contributed by atoms with E-state index < -0.39 is 18.5 Å². The van der Waals surface area contributed by atoms with Crippen LogP contribution in [-0.2, 0) is 25.5 Å². The first-order valence-corrected chi connectivity index (χ1v) is 8.15. The molecule has 0 aliphatic rings. The molecular weight excluding hydrogens is 324 g/mol. The van der Waals surface area contributed by atoms with Crippen LogP contribution in [0.1, 0.15) is 24.5 Å². The molecule has 0 saturated carbocycles. The number of furan rings is 1. The number of nitrogens with one attached hydrogen (secondary N) is 2. The summed E-state index contributed by atoms with van der Waals surface area (Å²) < 4.78 is 10.4. The van der Waals surface area contributed by atoms with Gasteiger partial charge in [-0.3, -0.25) is 14.4 Å². The fourth-order valence-corrected chi connectivity index (χ4v) is 2.24. The molecule has 2 rings (SSSR count). The Bertz CT molecular complexity index is 766. The largest absolute Gasteiger partial charge is 0.464 e. The van der Waals surface area contributed by atoms with Crippen LogP contribution in [0.3, 0.4) is 0 Å². The summed E-state index contributed by atoms with van der Waals surface area (Å²) in [7, 11) is 0. The van der Waals surface area contributed by atoms with Gasteiger partial charge >= 0.3 is 5.97 Å². The lowest BCUT2D eigenvalue weighted by molar-refractivity contribution is -0.147. The Morgan fingerprint density at radius 1 is 1.16 bits per heavy atom. The number of benzene rings is 1. The summed E-state index contributed by atoms with van der Waals surface area (Å²) >= 11 is 0. The van der Waals surface area contributed by atoms with Gasteiger partial charge in [-0.15, -0.1) is 0 Å². The molecule has 0 radical (unpaired) electrons. The number of carbonyl (C=O) groups excluding carboxylic acids is 3. The van der Waals surface area contributed by atoms with Crippen LogP contribution >= 0.6 is 0 Å². The lowest BCUT2D eigenvalue weighted by Gasteiger charge is -2.07. The van der Waals surface area contributed by atoms with Gasteiger partial charge < -0.3 is 19.8 Å². The number of amides is 2. The van der Waals surface area contributed by atoms with Gasteiger partial charge in [0.25, 0.3) is 5.91 Å². The van der Waals surface area contributed by atoms with Crippen molar-refractivity contribution in [3.05, 3.63) is 35.6 Å². The van der Waals surface area contributed by atoms with E-state index in [2.05, 4.69) is 10.6 Å². The van der Waals surface area contributed by atoms with Crippen molar-refractivity contribution in [1.82, 2.24) is 10.6 Å². The molecule has 25 heavy (non-hydrogen) atoms. The van der Waals surface area contributed by atoms with Crippen molar-refractivity contribution >= 4 is 28.8 Å². The van der Waals surface area contributed by atoms with Crippen molar-refractivity contribution in [2.45, 2.75) is 26.7 Å². The average Bonchev–Trinajstić information content (AvgIpc) is 2.98. The molecule has 134 valence electrons. The minimum atomic E-state index is -0.533. The van der Waals surface area contributed by atoms with E-state index in [1.54, 1.807) is 0 Å². The molecule has 0 unspecified atom stereocenters. The van der Waals surface area contributed by atoms with Crippen LogP contribution in [0.25, 0.3) is 11.0 Å². The Balaban J connectivity index is 1.76. The van der Waals surface area contributed by atoms with Gasteiger partial charge in [0.2, 0.25) is 5.91 Å². The van der Waals surface area contributed by atoms with E-state index in [4.69, 9.17) is 9.15 Å². The maximum Gasteiger partial charge on any atom is 0.310 e. The molecule has 0 aliphatic heterocycles. The van der Waals surface area contributed by atoms with E-state index in [0.29, 0.717) is 17.7 Å². The Labute approximate surface area is 145 Å². The highest BCUT2D eigenvalue weighted by molar-refractivity contribution is 5.88. The summed E-state index contributed by atoms with van der Waals surface area (Å²) in [6, 6.07) is 5.71. The highest BCUT2D eigenvalue weighted by Crippen LogP contribution is 2.22. The molecule has 0 saturated heterocycles. The fourth-order valence-electron chi connectivity index (χ4n) is 2.24. The van der Waals surface area contributed by atoms with Gasteiger partial charge in [-0.2, -0.15) is 0 Å². The Morgan fingerprint density at radius 2 is 1.96 bits per heavy atom. The van der Waals surface area contributed by atoms with Crippen molar-refractivity contribution in [3.63, 3.8) is 0 Å². The SMILES string of the molecule is CCCNC(=O)CNC(=O)COC(=O)Cc1coc2cc(C)ccc12. The average molecular weight is 346 g/mol. The quantitative estimate of drug-likeness (QED) is 0.706. The van der Waals surface area contributed by atoms with Crippen molar-refractivity contribution in [3.8, 4) is 0 Å². The third-order valence-corrected chi connectivity index (χ3v) is 3.53. The van der Waals surface area contributed by atoms with Crippen LogP contribution in [0, 0.1) is 6.92 Å². The van der Waals surface area contributed by atoms with E-state index >= 15 is 0 Å². The van der Waals surface area contributed by atoms with E-state index in [1.807, 2.05) is 32.0 Å². The molecule has 2 aromatic rings. The topological polar surface area (TPSA) is 97.6 Å². The lowest BCUT2D eigenvalue weighted by atomic mass is 10.1. The van der Waals surface area contributed by atoms with Gasteiger partial charge in [0.05, 0.1) is 19.2 Å². The summed E-state index contributed by atoms with van der Waals surface area (Å²) in [5, 5.41) is 5.87. The van der Waals surface area contributed by atoms with Crippen molar-refractivity contribution in [1.29, 1.82) is 0 Å². The van der Waals surface area contributed by atoms with Crippen molar-refractivity contribution in [2.75, 3.05) is 19.7 Å². The minimum Gasteiger partial charge on any atom is -0.464 e. The first-order valence-electron chi connectivity index (χ1n) is 8.15. The molecule has 1 heterocycles. The van der Waals surface area contributed by atoms with Crippen molar-refractivity contribution in [2.24, 2.45) is 0 Å². The molecule has 7 nitrogen and oxygen atoms in total. The maximum absolute atomic E-state index is 11.9. The number of rotatable bonds is 8. The predicted molar refractivity (Wildman–Crippen MR) is 91.9 cm³/mol. The number of ether oxygens (including phenoxy) is 1. The maximum atomic E-state index is 11.9. The summed E-state index contributed by atoms with van der Waals surface area (Å²) in [6.45, 7) is 3.89. The fraction of sp³-hybridized carbons (Fsp3) is 0.389. The van der Waals surface area contributed by atoms with E-state index in [9.17, 15) is 14.4 Å². The zero-order valence-electron chi connectivity index (χ0n) is 14.4. The molecule has 0 bridgehead atoms.